The summed E-state index contributed by atoms with van der Waals surface area (Å²) in [4.78, 5) is 34.3. The molecule has 0 saturated carbocycles. The molecule has 2 aromatic carbocycles. The normalized spacial score (nSPS) is 14.7. The molecule has 1 N–H and O–H groups in total. The van der Waals surface area contributed by atoms with E-state index in [9.17, 15) is 9.59 Å². The number of carbonyl (C=O) groups excluding carboxylic acids is 2. The Morgan fingerprint density at radius 1 is 0.839 bits per heavy atom. The van der Waals surface area contributed by atoms with Gasteiger partial charge in [0.25, 0.3) is 5.91 Å². The lowest BCUT2D eigenvalue weighted by Gasteiger charge is -2.36. The summed E-state index contributed by atoms with van der Waals surface area (Å²) in [6.45, 7) is 2.78. The number of carbonyl (C=O) groups is 2. The van der Waals surface area contributed by atoms with Crippen LogP contribution in [0.1, 0.15) is 28.4 Å². The molecule has 1 aromatic heterocycles. The number of nitrogens with one attached hydrogen (secondary N) is 1. The molecule has 2 heterocycles. The van der Waals surface area contributed by atoms with E-state index in [-0.39, 0.29) is 24.3 Å². The predicted octanol–water partition coefficient (Wildman–Crippen LogP) is 3.29. The van der Waals surface area contributed by atoms with E-state index in [1.165, 1.54) is 0 Å². The van der Waals surface area contributed by atoms with Gasteiger partial charge in [-0.15, -0.1) is 0 Å². The second kappa shape index (κ2) is 9.89. The van der Waals surface area contributed by atoms with Crippen molar-refractivity contribution in [1.82, 2.24) is 15.2 Å². The van der Waals surface area contributed by atoms with Gasteiger partial charge in [0.2, 0.25) is 5.91 Å². The van der Waals surface area contributed by atoms with Crippen LogP contribution in [0.4, 0.5) is 5.82 Å². The van der Waals surface area contributed by atoms with Gasteiger partial charge in [0.15, 0.2) is 0 Å². The third-order valence-corrected chi connectivity index (χ3v) is 5.53. The number of hydrogen-bond acceptors (Lipinski definition) is 4. The molecule has 4 rings (SSSR count). The fraction of sp³-hybridized carbons (Fsp3) is 0.240. The summed E-state index contributed by atoms with van der Waals surface area (Å²) in [5.74, 6) is 0.803. The molecule has 1 unspecified atom stereocenters. The van der Waals surface area contributed by atoms with Crippen LogP contribution in [-0.2, 0) is 4.79 Å². The Kier molecular flexibility index (Phi) is 6.57. The van der Waals surface area contributed by atoms with Crippen molar-refractivity contribution in [2.75, 3.05) is 31.1 Å². The standard InChI is InChI=1S/C25H26N4O2/c30-24(29-17-15-28(16-18-29)23-13-7-8-14-26-23)19-22(20-9-3-1-4-10-20)27-25(31)21-11-5-2-6-12-21/h1-14,22H,15-19H2,(H,27,31). The molecule has 31 heavy (non-hydrogen) atoms. The highest BCUT2D eigenvalue weighted by Crippen LogP contribution is 2.20. The average molecular weight is 415 g/mol. The zero-order valence-corrected chi connectivity index (χ0v) is 17.4. The monoisotopic (exact) mass is 414 g/mol. The second-order valence-corrected chi connectivity index (χ2v) is 7.56. The number of hydrogen-bond donors (Lipinski definition) is 1. The van der Waals surface area contributed by atoms with Crippen molar-refractivity contribution in [3.63, 3.8) is 0 Å². The van der Waals surface area contributed by atoms with Gasteiger partial charge in [0.1, 0.15) is 5.82 Å². The summed E-state index contributed by atoms with van der Waals surface area (Å²) < 4.78 is 0. The fourth-order valence-corrected chi connectivity index (χ4v) is 3.80. The van der Waals surface area contributed by atoms with Crippen LogP contribution >= 0.6 is 0 Å². The Morgan fingerprint density at radius 3 is 2.13 bits per heavy atom. The molecule has 0 spiro atoms. The van der Waals surface area contributed by atoms with E-state index >= 15 is 0 Å². The molecular weight excluding hydrogens is 388 g/mol. The Morgan fingerprint density at radius 2 is 1.48 bits per heavy atom. The molecule has 158 valence electrons. The van der Waals surface area contributed by atoms with Crippen LogP contribution in [-0.4, -0.2) is 47.9 Å². The quantitative estimate of drug-likeness (QED) is 0.672. The van der Waals surface area contributed by atoms with Gasteiger partial charge in [-0.25, -0.2) is 4.98 Å². The molecule has 1 aliphatic rings. The van der Waals surface area contributed by atoms with Crippen molar-refractivity contribution in [3.05, 3.63) is 96.2 Å². The molecular formula is C25H26N4O2. The minimum atomic E-state index is -0.379. The number of pyridine rings is 1. The van der Waals surface area contributed by atoms with Crippen molar-refractivity contribution in [2.45, 2.75) is 12.5 Å². The lowest BCUT2D eigenvalue weighted by molar-refractivity contribution is -0.132. The van der Waals surface area contributed by atoms with Crippen molar-refractivity contribution >= 4 is 17.6 Å². The predicted molar refractivity (Wildman–Crippen MR) is 121 cm³/mol. The molecule has 1 saturated heterocycles. The summed E-state index contributed by atoms with van der Waals surface area (Å²) in [7, 11) is 0. The highest BCUT2D eigenvalue weighted by molar-refractivity contribution is 5.94. The van der Waals surface area contributed by atoms with E-state index < -0.39 is 0 Å². The topological polar surface area (TPSA) is 65.5 Å². The van der Waals surface area contributed by atoms with Crippen LogP contribution in [0, 0.1) is 0 Å². The van der Waals surface area contributed by atoms with Gasteiger partial charge in [-0.1, -0.05) is 54.6 Å². The van der Waals surface area contributed by atoms with Gasteiger partial charge in [0.05, 0.1) is 12.5 Å². The van der Waals surface area contributed by atoms with Gasteiger partial charge in [0, 0.05) is 37.9 Å². The first-order valence-electron chi connectivity index (χ1n) is 10.6. The number of rotatable bonds is 6. The van der Waals surface area contributed by atoms with E-state index in [2.05, 4.69) is 15.2 Å². The summed E-state index contributed by atoms with van der Waals surface area (Å²) >= 11 is 0. The summed E-state index contributed by atoms with van der Waals surface area (Å²) in [5.41, 5.74) is 1.51. The Hall–Kier alpha value is -3.67. The molecule has 0 bridgehead atoms. The lowest BCUT2D eigenvalue weighted by atomic mass is 10.0. The Labute approximate surface area is 182 Å². The average Bonchev–Trinajstić information content (AvgIpc) is 2.85. The Bertz CT molecular complexity index is 988. The summed E-state index contributed by atoms with van der Waals surface area (Å²) in [6.07, 6.45) is 2.01. The zero-order valence-electron chi connectivity index (χ0n) is 17.4. The highest BCUT2D eigenvalue weighted by atomic mass is 16.2. The number of aromatic nitrogens is 1. The first-order valence-corrected chi connectivity index (χ1v) is 10.6. The van der Waals surface area contributed by atoms with E-state index in [0.717, 1.165) is 24.5 Å². The molecule has 2 amide bonds. The molecule has 1 atom stereocenters. The van der Waals surface area contributed by atoms with Gasteiger partial charge in [-0.2, -0.15) is 0 Å². The third kappa shape index (κ3) is 5.28. The number of benzene rings is 2. The molecule has 1 fully saturated rings. The molecule has 0 radical (unpaired) electrons. The first kappa shape index (κ1) is 20.6. The molecule has 0 aliphatic carbocycles. The number of amides is 2. The van der Waals surface area contributed by atoms with E-state index in [4.69, 9.17) is 0 Å². The fourth-order valence-electron chi connectivity index (χ4n) is 3.80. The van der Waals surface area contributed by atoms with Crippen molar-refractivity contribution in [2.24, 2.45) is 0 Å². The van der Waals surface area contributed by atoms with Crippen LogP contribution in [0.5, 0.6) is 0 Å². The van der Waals surface area contributed by atoms with Crippen LogP contribution in [0.15, 0.2) is 85.1 Å². The Balaban J connectivity index is 1.41. The van der Waals surface area contributed by atoms with Crippen LogP contribution < -0.4 is 10.2 Å². The lowest BCUT2D eigenvalue weighted by Crippen LogP contribution is -2.49. The van der Waals surface area contributed by atoms with Crippen LogP contribution in [0.2, 0.25) is 0 Å². The summed E-state index contributed by atoms with van der Waals surface area (Å²) in [6, 6.07) is 24.2. The van der Waals surface area contributed by atoms with Crippen molar-refractivity contribution in [1.29, 1.82) is 0 Å². The van der Waals surface area contributed by atoms with Gasteiger partial charge in [-0.3, -0.25) is 9.59 Å². The zero-order chi connectivity index (χ0) is 21.5. The smallest absolute Gasteiger partial charge is 0.251 e. The maximum atomic E-state index is 13.1. The van der Waals surface area contributed by atoms with Gasteiger partial charge >= 0.3 is 0 Å². The minimum absolute atomic E-state index is 0.0443. The van der Waals surface area contributed by atoms with E-state index in [1.54, 1.807) is 18.3 Å². The molecule has 6 nitrogen and oxygen atoms in total. The maximum Gasteiger partial charge on any atom is 0.251 e. The SMILES string of the molecule is O=C(NC(CC(=O)N1CCN(c2ccccn2)CC1)c1ccccc1)c1ccccc1. The first-order chi connectivity index (χ1) is 15.2. The van der Waals surface area contributed by atoms with Crippen LogP contribution in [0.3, 0.4) is 0 Å². The van der Waals surface area contributed by atoms with Gasteiger partial charge < -0.3 is 15.1 Å². The van der Waals surface area contributed by atoms with Crippen molar-refractivity contribution < 1.29 is 9.59 Å². The van der Waals surface area contributed by atoms with Gasteiger partial charge in [-0.05, 0) is 29.8 Å². The van der Waals surface area contributed by atoms with E-state index in [0.29, 0.717) is 18.7 Å². The molecule has 1 aliphatic heterocycles. The number of nitrogens with zero attached hydrogens (tertiary/aromatic N) is 3. The third-order valence-electron chi connectivity index (χ3n) is 5.53. The second-order valence-electron chi connectivity index (χ2n) is 7.56. The van der Waals surface area contributed by atoms with Crippen LogP contribution in [0.25, 0.3) is 0 Å². The van der Waals surface area contributed by atoms with E-state index in [1.807, 2.05) is 71.6 Å². The number of anilines is 1. The maximum absolute atomic E-state index is 13.1. The number of piperazine rings is 1. The largest absolute Gasteiger partial charge is 0.353 e. The highest BCUT2D eigenvalue weighted by Gasteiger charge is 2.26. The van der Waals surface area contributed by atoms with Crippen molar-refractivity contribution in [3.8, 4) is 0 Å². The minimum Gasteiger partial charge on any atom is -0.353 e. The summed E-state index contributed by atoms with van der Waals surface area (Å²) in [5, 5.41) is 3.05. The molecule has 6 heteroatoms. The molecule has 3 aromatic rings.